The fraction of sp³-hybridized carbons (Fsp3) is 1.00. The number of nitrogens with two attached hydrogens (primary N) is 1. The van der Waals surface area contributed by atoms with Crippen molar-refractivity contribution in [3.05, 3.63) is 0 Å². The van der Waals surface area contributed by atoms with E-state index in [9.17, 15) is 0 Å². The predicted molar refractivity (Wildman–Crippen MR) is 66.8 cm³/mol. The SMILES string of the molecule is CC(C)CC(CN)CCNCCC1CC1. The van der Waals surface area contributed by atoms with E-state index in [1.54, 1.807) is 0 Å². The summed E-state index contributed by atoms with van der Waals surface area (Å²) >= 11 is 0. The van der Waals surface area contributed by atoms with Gasteiger partial charge in [-0.25, -0.2) is 0 Å². The van der Waals surface area contributed by atoms with Crippen molar-refractivity contribution < 1.29 is 0 Å². The molecule has 1 aliphatic rings. The average molecular weight is 212 g/mol. The van der Waals surface area contributed by atoms with E-state index in [0.29, 0.717) is 0 Å². The van der Waals surface area contributed by atoms with E-state index < -0.39 is 0 Å². The second-order valence-corrected chi connectivity index (χ2v) is 5.50. The fourth-order valence-electron chi connectivity index (χ4n) is 2.14. The summed E-state index contributed by atoms with van der Waals surface area (Å²) in [5.74, 6) is 2.56. The molecule has 0 heterocycles. The number of nitrogens with one attached hydrogen (secondary N) is 1. The third-order valence-electron chi connectivity index (χ3n) is 3.29. The van der Waals surface area contributed by atoms with Crippen LogP contribution < -0.4 is 11.1 Å². The Hall–Kier alpha value is -0.0800. The van der Waals surface area contributed by atoms with E-state index in [0.717, 1.165) is 30.8 Å². The first-order valence-corrected chi connectivity index (χ1v) is 6.63. The molecule has 2 nitrogen and oxygen atoms in total. The zero-order valence-corrected chi connectivity index (χ0v) is 10.5. The van der Waals surface area contributed by atoms with Crippen LogP contribution in [0.15, 0.2) is 0 Å². The van der Waals surface area contributed by atoms with Crippen molar-refractivity contribution in [2.24, 2.45) is 23.5 Å². The Morgan fingerprint density at radius 2 is 2.00 bits per heavy atom. The number of hydrogen-bond acceptors (Lipinski definition) is 2. The molecule has 90 valence electrons. The topological polar surface area (TPSA) is 38.0 Å². The minimum atomic E-state index is 0.721. The summed E-state index contributed by atoms with van der Waals surface area (Å²) < 4.78 is 0. The van der Waals surface area contributed by atoms with E-state index in [2.05, 4.69) is 19.2 Å². The maximum atomic E-state index is 5.77. The maximum Gasteiger partial charge on any atom is -0.00458 e. The van der Waals surface area contributed by atoms with Gasteiger partial charge in [0.05, 0.1) is 0 Å². The lowest BCUT2D eigenvalue weighted by Gasteiger charge is -2.17. The molecule has 3 N–H and O–H groups in total. The van der Waals surface area contributed by atoms with Gasteiger partial charge in [0.2, 0.25) is 0 Å². The van der Waals surface area contributed by atoms with Crippen LogP contribution in [0.4, 0.5) is 0 Å². The van der Waals surface area contributed by atoms with E-state index in [-0.39, 0.29) is 0 Å². The van der Waals surface area contributed by atoms with Crippen molar-refractivity contribution in [1.29, 1.82) is 0 Å². The Morgan fingerprint density at radius 3 is 2.53 bits per heavy atom. The Kier molecular flexibility index (Phi) is 6.26. The lowest BCUT2D eigenvalue weighted by Crippen LogP contribution is -2.24. The van der Waals surface area contributed by atoms with Gasteiger partial charge in [0.1, 0.15) is 0 Å². The van der Waals surface area contributed by atoms with Gasteiger partial charge in [-0.2, -0.15) is 0 Å². The maximum absolute atomic E-state index is 5.77. The van der Waals surface area contributed by atoms with Crippen LogP contribution in [0.1, 0.15) is 46.0 Å². The van der Waals surface area contributed by atoms with Gasteiger partial charge in [0, 0.05) is 0 Å². The molecule has 1 saturated carbocycles. The van der Waals surface area contributed by atoms with E-state index in [1.807, 2.05) is 0 Å². The van der Waals surface area contributed by atoms with Crippen LogP contribution in [0.25, 0.3) is 0 Å². The van der Waals surface area contributed by atoms with Crippen molar-refractivity contribution in [2.45, 2.75) is 46.0 Å². The molecule has 0 saturated heterocycles. The Balaban J connectivity index is 1.90. The van der Waals surface area contributed by atoms with Gasteiger partial charge in [-0.1, -0.05) is 26.7 Å². The van der Waals surface area contributed by atoms with Crippen LogP contribution >= 0.6 is 0 Å². The van der Waals surface area contributed by atoms with E-state index in [4.69, 9.17) is 5.73 Å². The summed E-state index contributed by atoms with van der Waals surface area (Å²) in [6.45, 7) is 7.78. The van der Waals surface area contributed by atoms with Gasteiger partial charge in [-0.15, -0.1) is 0 Å². The molecule has 0 aromatic carbocycles. The minimum absolute atomic E-state index is 0.721. The lowest BCUT2D eigenvalue weighted by molar-refractivity contribution is 0.385. The molecule has 0 bridgehead atoms. The highest BCUT2D eigenvalue weighted by Crippen LogP contribution is 2.31. The third-order valence-corrected chi connectivity index (χ3v) is 3.29. The van der Waals surface area contributed by atoms with Gasteiger partial charge in [-0.05, 0) is 56.7 Å². The molecule has 1 unspecified atom stereocenters. The van der Waals surface area contributed by atoms with Crippen molar-refractivity contribution in [2.75, 3.05) is 19.6 Å². The average Bonchev–Trinajstić information content (AvgIpc) is 2.98. The molecule has 0 aromatic heterocycles. The summed E-state index contributed by atoms with van der Waals surface area (Å²) in [7, 11) is 0. The van der Waals surface area contributed by atoms with Crippen LogP contribution in [0.2, 0.25) is 0 Å². The van der Waals surface area contributed by atoms with Crippen LogP contribution in [-0.4, -0.2) is 19.6 Å². The normalized spacial score (nSPS) is 18.4. The quantitative estimate of drug-likeness (QED) is 0.576. The summed E-state index contributed by atoms with van der Waals surface area (Å²) in [4.78, 5) is 0. The standard InChI is InChI=1S/C13H28N2/c1-11(2)9-13(10-14)6-8-15-7-5-12-3-4-12/h11-13,15H,3-10,14H2,1-2H3. The lowest BCUT2D eigenvalue weighted by atomic mass is 9.94. The highest BCUT2D eigenvalue weighted by molar-refractivity contribution is 4.73. The molecular formula is C13H28N2. The predicted octanol–water partition coefficient (Wildman–Crippen LogP) is 2.39. The highest BCUT2D eigenvalue weighted by atomic mass is 14.8. The molecule has 0 spiro atoms. The number of rotatable bonds is 9. The summed E-state index contributed by atoms with van der Waals surface area (Å²) in [6.07, 6.45) is 6.86. The molecule has 2 heteroatoms. The summed E-state index contributed by atoms with van der Waals surface area (Å²) in [6, 6.07) is 0. The fourth-order valence-corrected chi connectivity index (χ4v) is 2.14. The van der Waals surface area contributed by atoms with Gasteiger partial charge in [-0.3, -0.25) is 0 Å². The summed E-state index contributed by atoms with van der Waals surface area (Å²) in [5.41, 5.74) is 5.77. The Bertz CT molecular complexity index is 153. The van der Waals surface area contributed by atoms with Crippen molar-refractivity contribution in [1.82, 2.24) is 5.32 Å². The largest absolute Gasteiger partial charge is 0.330 e. The Morgan fingerprint density at radius 1 is 1.27 bits per heavy atom. The molecule has 1 rings (SSSR count). The first kappa shape index (κ1) is 13.0. The molecule has 1 fully saturated rings. The van der Waals surface area contributed by atoms with Crippen LogP contribution in [-0.2, 0) is 0 Å². The Labute approximate surface area is 95.0 Å². The van der Waals surface area contributed by atoms with E-state index >= 15 is 0 Å². The third kappa shape index (κ3) is 6.91. The van der Waals surface area contributed by atoms with Crippen LogP contribution in [0.3, 0.4) is 0 Å². The molecule has 1 atom stereocenters. The van der Waals surface area contributed by atoms with Gasteiger partial charge >= 0.3 is 0 Å². The van der Waals surface area contributed by atoms with Gasteiger partial charge in [0.25, 0.3) is 0 Å². The minimum Gasteiger partial charge on any atom is -0.330 e. The second kappa shape index (κ2) is 7.24. The molecule has 0 radical (unpaired) electrons. The highest BCUT2D eigenvalue weighted by Gasteiger charge is 2.19. The summed E-state index contributed by atoms with van der Waals surface area (Å²) in [5, 5.41) is 3.54. The van der Waals surface area contributed by atoms with Gasteiger partial charge < -0.3 is 11.1 Å². The second-order valence-electron chi connectivity index (χ2n) is 5.50. The number of hydrogen-bond donors (Lipinski definition) is 2. The van der Waals surface area contributed by atoms with Crippen molar-refractivity contribution in [3.8, 4) is 0 Å². The zero-order chi connectivity index (χ0) is 11.1. The van der Waals surface area contributed by atoms with Crippen LogP contribution in [0, 0.1) is 17.8 Å². The molecular weight excluding hydrogens is 184 g/mol. The zero-order valence-electron chi connectivity index (χ0n) is 10.5. The molecule has 0 amide bonds. The molecule has 15 heavy (non-hydrogen) atoms. The molecule has 0 aliphatic heterocycles. The molecule has 1 aliphatic carbocycles. The van der Waals surface area contributed by atoms with Crippen LogP contribution in [0.5, 0.6) is 0 Å². The first-order valence-electron chi connectivity index (χ1n) is 6.63. The smallest absolute Gasteiger partial charge is 0.00458 e. The van der Waals surface area contributed by atoms with Crippen molar-refractivity contribution in [3.63, 3.8) is 0 Å². The van der Waals surface area contributed by atoms with Crippen molar-refractivity contribution >= 4 is 0 Å². The van der Waals surface area contributed by atoms with E-state index in [1.165, 1.54) is 38.6 Å². The monoisotopic (exact) mass is 212 g/mol. The molecule has 0 aromatic rings. The first-order chi connectivity index (χ1) is 7.22. The van der Waals surface area contributed by atoms with Gasteiger partial charge in [0.15, 0.2) is 0 Å².